The highest BCUT2D eigenvalue weighted by atomic mass is 16.5. The zero-order valence-electron chi connectivity index (χ0n) is 12.1. The zero-order chi connectivity index (χ0) is 14.3. The molecule has 1 atom stereocenters. The van der Waals surface area contributed by atoms with Crippen LogP contribution in [0.3, 0.4) is 0 Å². The summed E-state index contributed by atoms with van der Waals surface area (Å²) in [6.07, 6.45) is 1.78. The van der Waals surface area contributed by atoms with Crippen LogP contribution in [0.4, 0.5) is 11.5 Å². The highest BCUT2D eigenvalue weighted by Crippen LogP contribution is 2.29. The molecule has 3 rings (SSSR count). The molecule has 1 saturated heterocycles. The monoisotopic (exact) mass is 272 g/mol. The first kappa shape index (κ1) is 13.1. The van der Waals surface area contributed by atoms with Gasteiger partial charge < -0.3 is 15.4 Å². The van der Waals surface area contributed by atoms with E-state index in [0.29, 0.717) is 0 Å². The first-order chi connectivity index (χ1) is 9.44. The molecule has 0 bridgehead atoms. The first-order valence-corrected chi connectivity index (χ1v) is 6.88. The van der Waals surface area contributed by atoms with Crippen LogP contribution in [0.2, 0.25) is 0 Å². The summed E-state index contributed by atoms with van der Waals surface area (Å²) in [6.45, 7) is 7.96. The molecule has 1 aromatic heterocycles. The van der Waals surface area contributed by atoms with Crippen LogP contribution in [-0.4, -0.2) is 34.8 Å². The lowest BCUT2D eigenvalue weighted by atomic mass is 10.0. The SMILES string of the molecule is CC1CN(c2ncnc3cc(N)ccc23)CC(C)(C)O1. The minimum atomic E-state index is -0.178. The van der Waals surface area contributed by atoms with E-state index in [1.54, 1.807) is 6.33 Å². The standard InChI is InChI=1S/C15H20N4O/c1-10-7-19(8-15(2,3)20-10)14-12-5-4-11(16)6-13(12)17-9-18-14/h4-6,9-10H,7-8,16H2,1-3H3. The first-order valence-electron chi connectivity index (χ1n) is 6.88. The van der Waals surface area contributed by atoms with Crippen LogP contribution >= 0.6 is 0 Å². The minimum Gasteiger partial charge on any atom is -0.399 e. The number of rotatable bonds is 1. The highest BCUT2D eigenvalue weighted by Gasteiger charge is 2.32. The van der Waals surface area contributed by atoms with E-state index in [4.69, 9.17) is 10.5 Å². The largest absolute Gasteiger partial charge is 0.399 e. The number of nitrogen functional groups attached to an aromatic ring is 1. The molecule has 1 aromatic carbocycles. The topological polar surface area (TPSA) is 64.3 Å². The van der Waals surface area contributed by atoms with Crippen LogP contribution in [0.15, 0.2) is 24.5 Å². The van der Waals surface area contributed by atoms with Gasteiger partial charge in [-0.15, -0.1) is 0 Å². The lowest BCUT2D eigenvalue weighted by molar-refractivity contribution is -0.0751. The average molecular weight is 272 g/mol. The molecule has 0 amide bonds. The van der Waals surface area contributed by atoms with Crippen LogP contribution < -0.4 is 10.6 Å². The molecule has 1 aliphatic rings. The quantitative estimate of drug-likeness (QED) is 0.806. The van der Waals surface area contributed by atoms with Gasteiger partial charge in [-0.25, -0.2) is 9.97 Å². The van der Waals surface area contributed by atoms with Crippen LogP contribution in [-0.2, 0) is 4.74 Å². The van der Waals surface area contributed by atoms with Gasteiger partial charge in [0, 0.05) is 24.2 Å². The summed E-state index contributed by atoms with van der Waals surface area (Å²) in [7, 11) is 0. The maximum Gasteiger partial charge on any atom is 0.140 e. The van der Waals surface area contributed by atoms with Gasteiger partial charge in [0.15, 0.2) is 0 Å². The smallest absolute Gasteiger partial charge is 0.140 e. The van der Waals surface area contributed by atoms with Crippen molar-refractivity contribution in [1.82, 2.24) is 9.97 Å². The molecule has 5 nitrogen and oxygen atoms in total. The van der Waals surface area contributed by atoms with E-state index in [9.17, 15) is 0 Å². The summed E-state index contributed by atoms with van der Waals surface area (Å²) in [5, 5.41) is 1.03. The van der Waals surface area contributed by atoms with Crippen molar-refractivity contribution in [1.29, 1.82) is 0 Å². The van der Waals surface area contributed by atoms with E-state index >= 15 is 0 Å². The Hall–Kier alpha value is -1.88. The molecule has 0 spiro atoms. The van der Waals surface area contributed by atoms with Crippen molar-refractivity contribution >= 4 is 22.4 Å². The van der Waals surface area contributed by atoms with Crippen LogP contribution in [0, 0.1) is 0 Å². The van der Waals surface area contributed by atoms with Gasteiger partial charge in [-0.3, -0.25) is 0 Å². The molecule has 0 saturated carbocycles. The Labute approximate surface area is 118 Å². The molecule has 1 fully saturated rings. The van der Waals surface area contributed by atoms with Crippen molar-refractivity contribution in [2.24, 2.45) is 0 Å². The molecule has 20 heavy (non-hydrogen) atoms. The third kappa shape index (κ3) is 2.41. The van der Waals surface area contributed by atoms with Gasteiger partial charge in [-0.2, -0.15) is 0 Å². The van der Waals surface area contributed by atoms with Gasteiger partial charge in [0.25, 0.3) is 0 Å². The highest BCUT2D eigenvalue weighted by molar-refractivity contribution is 5.91. The van der Waals surface area contributed by atoms with Crippen molar-refractivity contribution in [3.63, 3.8) is 0 Å². The molecular weight excluding hydrogens is 252 g/mol. The van der Waals surface area contributed by atoms with Gasteiger partial charge in [-0.05, 0) is 39.0 Å². The summed E-state index contributed by atoms with van der Waals surface area (Å²) in [6, 6.07) is 5.77. The number of morpholine rings is 1. The number of ether oxygens (including phenoxy) is 1. The van der Waals surface area contributed by atoms with Crippen LogP contribution in [0.1, 0.15) is 20.8 Å². The Morgan fingerprint density at radius 1 is 1.35 bits per heavy atom. The van der Waals surface area contributed by atoms with Crippen LogP contribution in [0.5, 0.6) is 0 Å². The lowest BCUT2D eigenvalue weighted by Gasteiger charge is -2.42. The Morgan fingerprint density at radius 2 is 2.15 bits per heavy atom. The molecule has 1 unspecified atom stereocenters. The second-order valence-corrected chi connectivity index (χ2v) is 6.04. The third-order valence-corrected chi connectivity index (χ3v) is 3.51. The third-order valence-electron chi connectivity index (χ3n) is 3.51. The fraction of sp³-hybridized carbons (Fsp3) is 0.467. The van der Waals surface area contributed by atoms with Crippen molar-refractivity contribution in [3.05, 3.63) is 24.5 Å². The average Bonchev–Trinajstić information content (AvgIpc) is 2.35. The molecular formula is C15H20N4O. The summed E-state index contributed by atoms with van der Waals surface area (Å²) < 4.78 is 5.95. The van der Waals surface area contributed by atoms with E-state index < -0.39 is 0 Å². The summed E-state index contributed by atoms with van der Waals surface area (Å²) in [5.41, 5.74) is 7.25. The van der Waals surface area contributed by atoms with Gasteiger partial charge in [0.2, 0.25) is 0 Å². The second kappa shape index (κ2) is 4.59. The Balaban J connectivity index is 2.05. The van der Waals surface area contributed by atoms with E-state index in [0.717, 1.165) is 35.5 Å². The van der Waals surface area contributed by atoms with Crippen molar-refractivity contribution in [2.75, 3.05) is 23.7 Å². The van der Waals surface area contributed by atoms with Crippen molar-refractivity contribution < 1.29 is 4.74 Å². The lowest BCUT2D eigenvalue weighted by Crippen LogP contribution is -2.52. The number of hydrogen-bond acceptors (Lipinski definition) is 5. The van der Waals surface area contributed by atoms with E-state index in [1.807, 2.05) is 18.2 Å². The zero-order valence-corrected chi connectivity index (χ0v) is 12.1. The van der Waals surface area contributed by atoms with Crippen LogP contribution in [0.25, 0.3) is 10.9 Å². The predicted molar refractivity (Wildman–Crippen MR) is 80.8 cm³/mol. The van der Waals surface area contributed by atoms with E-state index in [1.165, 1.54) is 0 Å². The number of fused-ring (bicyclic) bond motifs is 1. The molecule has 5 heteroatoms. The fourth-order valence-corrected chi connectivity index (χ4v) is 2.93. The number of aromatic nitrogens is 2. The molecule has 106 valence electrons. The predicted octanol–water partition coefficient (Wildman–Crippen LogP) is 2.22. The molecule has 0 aliphatic carbocycles. The number of nitrogens with zero attached hydrogens (tertiary/aromatic N) is 3. The van der Waals surface area contributed by atoms with Crippen molar-refractivity contribution in [3.8, 4) is 0 Å². The molecule has 0 radical (unpaired) electrons. The van der Waals surface area contributed by atoms with E-state index in [2.05, 4.69) is 35.6 Å². The number of hydrogen-bond donors (Lipinski definition) is 1. The summed E-state index contributed by atoms with van der Waals surface area (Å²) >= 11 is 0. The maximum absolute atomic E-state index is 5.95. The van der Waals surface area contributed by atoms with Crippen molar-refractivity contribution in [2.45, 2.75) is 32.5 Å². The Kier molecular flexibility index (Phi) is 3.01. The molecule has 2 N–H and O–H groups in total. The maximum atomic E-state index is 5.95. The van der Waals surface area contributed by atoms with Gasteiger partial charge >= 0.3 is 0 Å². The number of nitrogens with two attached hydrogens (primary N) is 1. The number of anilines is 2. The van der Waals surface area contributed by atoms with Gasteiger partial charge in [0.1, 0.15) is 12.1 Å². The van der Waals surface area contributed by atoms with Gasteiger partial charge in [0.05, 0.1) is 17.2 Å². The number of benzene rings is 1. The molecule has 1 aliphatic heterocycles. The second-order valence-electron chi connectivity index (χ2n) is 6.04. The molecule has 2 heterocycles. The fourth-order valence-electron chi connectivity index (χ4n) is 2.93. The molecule has 2 aromatic rings. The Morgan fingerprint density at radius 3 is 2.90 bits per heavy atom. The Bertz CT molecular complexity index is 641. The summed E-state index contributed by atoms with van der Waals surface area (Å²) in [5.74, 6) is 0.957. The summed E-state index contributed by atoms with van der Waals surface area (Å²) in [4.78, 5) is 11.1. The van der Waals surface area contributed by atoms with Gasteiger partial charge in [-0.1, -0.05) is 0 Å². The van der Waals surface area contributed by atoms with E-state index in [-0.39, 0.29) is 11.7 Å². The minimum absolute atomic E-state index is 0.178. The normalized spacial score (nSPS) is 22.1.